The number of nitrogens with zero attached hydrogens (tertiary/aromatic N) is 1. The summed E-state index contributed by atoms with van der Waals surface area (Å²) in [5, 5.41) is 6.47. The first-order chi connectivity index (χ1) is 2.89. The van der Waals surface area contributed by atoms with Crippen LogP contribution in [0.2, 0.25) is 0 Å². The first-order valence-corrected chi connectivity index (χ1v) is 1.86. The summed E-state index contributed by atoms with van der Waals surface area (Å²) in [5.74, 6) is 0. The molecule has 0 unspecified atom stereocenters. The Morgan fingerprint density at radius 2 is 2.43 bits per heavy atom. The predicted molar refractivity (Wildman–Crippen MR) is 23.3 cm³/mol. The van der Waals surface area contributed by atoms with Gasteiger partial charge in [0.1, 0.15) is 0 Å². The van der Waals surface area contributed by atoms with E-state index in [2.05, 4.69) is 10.2 Å². The van der Waals surface area contributed by atoms with Gasteiger partial charge < -0.3 is 0 Å². The second-order valence-corrected chi connectivity index (χ2v) is 1.22. The van der Waals surface area contributed by atoms with Crippen molar-refractivity contribution in [1.82, 2.24) is 10.2 Å². The quantitative estimate of drug-likeness (QED) is 0.566. The molecule has 0 aromatic carbocycles. The van der Waals surface area contributed by atoms with Crippen molar-refractivity contribution in [3.63, 3.8) is 0 Å². The number of hydrogen-bond acceptors (Lipinski definition) is 1. The number of aromatic nitrogens is 2. The fourth-order valence-corrected chi connectivity index (χ4v) is 0.334. The average molecular weight is 141 g/mol. The average Bonchev–Trinajstić information content (AvgIpc) is 1.86. The van der Waals surface area contributed by atoms with Crippen LogP contribution in [-0.2, 0) is 16.8 Å². The zero-order valence-electron chi connectivity index (χ0n) is 3.94. The Kier molecular flexibility index (Phi) is 2.70. The maximum absolute atomic E-state index is 3.79. The summed E-state index contributed by atoms with van der Waals surface area (Å²) in [6.45, 7) is 1.94. The van der Waals surface area contributed by atoms with Crippen molar-refractivity contribution in [1.29, 1.82) is 0 Å². The van der Waals surface area contributed by atoms with Gasteiger partial charge in [0.25, 0.3) is 0 Å². The third kappa shape index (κ3) is 1.75. The summed E-state index contributed by atoms with van der Waals surface area (Å²) in [4.78, 5) is 0. The maximum Gasteiger partial charge on any atom is 0.0591 e. The van der Waals surface area contributed by atoms with Gasteiger partial charge in [0.15, 0.2) is 0 Å². The number of rotatable bonds is 0. The molecule has 0 saturated carbocycles. The standard InChI is InChI=1S/C4H6N2.Co/c1-4-2-3-5-6-4;/h2-3H,1H3,(H,5,6);. The van der Waals surface area contributed by atoms with Crippen molar-refractivity contribution >= 4 is 0 Å². The van der Waals surface area contributed by atoms with Crippen molar-refractivity contribution < 1.29 is 16.8 Å². The van der Waals surface area contributed by atoms with E-state index in [9.17, 15) is 0 Å². The van der Waals surface area contributed by atoms with Crippen LogP contribution in [-0.4, -0.2) is 10.2 Å². The van der Waals surface area contributed by atoms with Gasteiger partial charge in [-0.2, -0.15) is 5.10 Å². The van der Waals surface area contributed by atoms with Gasteiger partial charge in [0.05, 0.1) is 5.69 Å². The molecule has 0 aliphatic rings. The van der Waals surface area contributed by atoms with E-state index in [0.717, 1.165) is 5.69 Å². The minimum atomic E-state index is 0. The van der Waals surface area contributed by atoms with Crippen LogP contribution in [0, 0.1) is 6.92 Å². The van der Waals surface area contributed by atoms with Gasteiger partial charge in [-0.3, -0.25) is 5.10 Å². The molecular formula is C4H6CoN2. The number of nitrogens with one attached hydrogen (secondary N) is 1. The van der Waals surface area contributed by atoms with E-state index in [1.54, 1.807) is 6.20 Å². The van der Waals surface area contributed by atoms with E-state index in [-0.39, 0.29) is 16.8 Å². The van der Waals surface area contributed by atoms with Crippen molar-refractivity contribution in [3.05, 3.63) is 18.0 Å². The molecule has 0 atom stereocenters. The molecule has 1 aromatic heterocycles. The summed E-state index contributed by atoms with van der Waals surface area (Å²) >= 11 is 0. The number of aromatic amines is 1. The molecule has 0 amide bonds. The fourth-order valence-electron chi connectivity index (χ4n) is 0.334. The molecule has 0 fully saturated rings. The zero-order chi connectivity index (χ0) is 4.41. The molecule has 3 heteroatoms. The summed E-state index contributed by atoms with van der Waals surface area (Å²) in [5.41, 5.74) is 1.04. The first kappa shape index (κ1) is 6.72. The summed E-state index contributed by atoms with van der Waals surface area (Å²) in [7, 11) is 0. The van der Waals surface area contributed by atoms with Crippen LogP contribution in [0.1, 0.15) is 5.69 Å². The molecule has 0 saturated heterocycles. The van der Waals surface area contributed by atoms with E-state index in [1.807, 2.05) is 13.0 Å². The van der Waals surface area contributed by atoms with Crippen molar-refractivity contribution in [2.45, 2.75) is 6.92 Å². The maximum atomic E-state index is 3.79. The zero-order valence-corrected chi connectivity index (χ0v) is 4.98. The van der Waals surface area contributed by atoms with Crippen LogP contribution in [0.15, 0.2) is 12.3 Å². The van der Waals surface area contributed by atoms with Crippen LogP contribution in [0.3, 0.4) is 0 Å². The smallest absolute Gasteiger partial charge is 0.0591 e. The third-order valence-electron chi connectivity index (χ3n) is 0.640. The third-order valence-corrected chi connectivity index (χ3v) is 0.640. The molecule has 0 spiro atoms. The molecule has 1 N–H and O–H groups in total. The Balaban J connectivity index is 0.000000360. The summed E-state index contributed by atoms with van der Waals surface area (Å²) < 4.78 is 0. The molecule has 7 heavy (non-hydrogen) atoms. The Bertz CT molecular complexity index is 113. The van der Waals surface area contributed by atoms with E-state index in [4.69, 9.17) is 0 Å². The molecule has 1 heterocycles. The number of aryl methyl sites for hydroxylation is 1. The summed E-state index contributed by atoms with van der Waals surface area (Å²) in [6.07, 6.45) is 1.80. The van der Waals surface area contributed by atoms with Crippen molar-refractivity contribution in [2.75, 3.05) is 0 Å². The molecule has 1 aromatic rings. The van der Waals surface area contributed by atoms with E-state index >= 15 is 0 Å². The van der Waals surface area contributed by atoms with E-state index < -0.39 is 0 Å². The van der Waals surface area contributed by atoms with Gasteiger partial charge in [-0.05, 0) is 13.0 Å². The Morgan fingerprint density at radius 1 is 1.71 bits per heavy atom. The van der Waals surface area contributed by atoms with Crippen LogP contribution in [0.25, 0.3) is 0 Å². The molecule has 0 aliphatic carbocycles. The van der Waals surface area contributed by atoms with Crippen LogP contribution in [0.5, 0.6) is 0 Å². The van der Waals surface area contributed by atoms with Crippen LogP contribution in [0.4, 0.5) is 0 Å². The molecule has 41 valence electrons. The van der Waals surface area contributed by atoms with Crippen molar-refractivity contribution in [3.8, 4) is 0 Å². The number of hydrogen-bond donors (Lipinski definition) is 1. The molecule has 0 bridgehead atoms. The van der Waals surface area contributed by atoms with Gasteiger partial charge in [-0.25, -0.2) is 0 Å². The second kappa shape index (κ2) is 2.82. The Hall–Kier alpha value is -0.284. The number of H-pyrrole nitrogens is 1. The molecular weight excluding hydrogens is 135 g/mol. The van der Waals surface area contributed by atoms with Crippen LogP contribution >= 0.6 is 0 Å². The summed E-state index contributed by atoms with van der Waals surface area (Å²) in [6, 6.07) is 1.92. The first-order valence-electron chi connectivity index (χ1n) is 1.86. The van der Waals surface area contributed by atoms with E-state index in [0.29, 0.717) is 0 Å². The van der Waals surface area contributed by atoms with Crippen molar-refractivity contribution in [2.24, 2.45) is 0 Å². The minimum Gasteiger partial charge on any atom is -0.285 e. The minimum absolute atomic E-state index is 0. The second-order valence-electron chi connectivity index (χ2n) is 1.22. The Morgan fingerprint density at radius 3 is 2.57 bits per heavy atom. The Labute approximate surface area is 52.5 Å². The van der Waals surface area contributed by atoms with E-state index in [1.165, 1.54) is 0 Å². The predicted octanol–water partition coefficient (Wildman–Crippen LogP) is 0.716. The molecule has 2 nitrogen and oxygen atoms in total. The normalized spacial score (nSPS) is 7.57. The topological polar surface area (TPSA) is 28.7 Å². The molecule has 1 rings (SSSR count). The molecule has 0 aliphatic heterocycles. The largest absolute Gasteiger partial charge is 0.285 e. The fraction of sp³-hybridized carbons (Fsp3) is 0.250. The van der Waals surface area contributed by atoms with Crippen LogP contribution < -0.4 is 0 Å². The molecule has 1 radical (unpaired) electrons. The van der Waals surface area contributed by atoms with Gasteiger partial charge in [0, 0.05) is 23.0 Å². The van der Waals surface area contributed by atoms with Gasteiger partial charge in [0.2, 0.25) is 0 Å². The SMILES string of the molecule is Cc1cc[nH]n1.[Co]. The van der Waals surface area contributed by atoms with Gasteiger partial charge in [-0.15, -0.1) is 0 Å². The monoisotopic (exact) mass is 141 g/mol. The van der Waals surface area contributed by atoms with Gasteiger partial charge in [-0.1, -0.05) is 0 Å². The van der Waals surface area contributed by atoms with Gasteiger partial charge >= 0.3 is 0 Å².